The molecule has 0 aromatic heterocycles. The molecule has 1 fully saturated rings. The number of hydrogen-bond acceptors (Lipinski definition) is 3. The van der Waals surface area contributed by atoms with Gasteiger partial charge in [0.25, 0.3) is 0 Å². The predicted octanol–water partition coefficient (Wildman–Crippen LogP) is 2.79. The van der Waals surface area contributed by atoms with E-state index in [-0.39, 0.29) is 0 Å². The number of ether oxygens (including phenoxy) is 1. The molecule has 20 heavy (non-hydrogen) atoms. The van der Waals surface area contributed by atoms with Gasteiger partial charge in [-0.15, -0.1) is 0 Å². The van der Waals surface area contributed by atoms with Gasteiger partial charge in [-0.05, 0) is 23.6 Å². The number of nitrogens with one attached hydrogen (secondary N) is 1. The Morgan fingerprint density at radius 1 is 1.10 bits per heavy atom. The van der Waals surface area contributed by atoms with Crippen molar-refractivity contribution in [3.05, 3.63) is 35.4 Å². The van der Waals surface area contributed by atoms with Crippen molar-refractivity contribution in [3.8, 4) is 0 Å². The van der Waals surface area contributed by atoms with E-state index in [0.717, 1.165) is 39.4 Å². The van der Waals surface area contributed by atoms with E-state index in [9.17, 15) is 0 Å². The summed E-state index contributed by atoms with van der Waals surface area (Å²) in [6, 6.07) is 9.51. The maximum atomic E-state index is 5.43. The second-order valence-corrected chi connectivity index (χ2v) is 5.84. The Hall–Kier alpha value is -0.900. The Kier molecular flexibility index (Phi) is 6.02. The highest BCUT2D eigenvalue weighted by molar-refractivity contribution is 5.27. The summed E-state index contributed by atoms with van der Waals surface area (Å²) < 4.78 is 5.43. The topological polar surface area (TPSA) is 24.5 Å². The fourth-order valence-corrected chi connectivity index (χ4v) is 2.69. The summed E-state index contributed by atoms with van der Waals surface area (Å²) in [5.41, 5.74) is 2.80. The number of nitrogens with zero attached hydrogens (tertiary/aromatic N) is 1. The van der Waals surface area contributed by atoms with Gasteiger partial charge in [0.05, 0.1) is 13.2 Å². The van der Waals surface area contributed by atoms with Crippen LogP contribution >= 0.6 is 0 Å². The fourth-order valence-electron chi connectivity index (χ4n) is 2.69. The van der Waals surface area contributed by atoms with Crippen LogP contribution in [0.1, 0.15) is 43.9 Å². The van der Waals surface area contributed by atoms with Gasteiger partial charge in [-0.3, -0.25) is 4.90 Å². The smallest absolute Gasteiger partial charge is 0.0594 e. The molecule has 1 aromatic carbocycles. The molecule has 1 unspecified atom stereocenters. The van der Waals surface area contributed by atoms with Gasteiger partial charge in [0.15, 0.2) is 0 Å². The van der Waals surface area contributed by atoms with Crippen molar-refractivity contribution in [1.82, 2.24) is 10.2 Å². The van der Waals surface area contributed by atoms with Crippen molar-refractivity contribution in [1.29, 1.82) is 0 Å². The van der Waals surface area contributed by atoms with E-state index >= 15 is 0 Å². The normalized spacial score (nSPS) is 18.4. The lowest BCUT2D eigenvalue weighted by Gasteiger charge is -2.31. The number of benzene rings is 1. The Bertz CT molecular complexity index is 382. The molecule has 1 N–H and O–H groups in total. The van der Waals surface area contributed by atoms with E-state index in [1.54, 1.807) is 0 Å². The Morgan fingerprint density at radius 3 is 2.25 bits per heavy atom. The van der Waals surface area contributed by atoms with Crippen LogP contribution in [0.4, 0.5) is 0 Å². The molecule has 3 heteroatoms. The predicted molar refractivity (Wildman–Crippen MR) is 84.2 cm³/mol. The summed E-state index contributed by atoms with van der Waals surface area (Å²) in [6.07, 6.45) is 0. The van der Waals surface area contributed by atoms with Crippen LogP contribution in [0, 0.1) is 0 Å². The summed E-state index contributed by atoms with van der Waals surface area (Å²) >= 11 is 0. The third-order valence-electron chi connectivity index (χ3n) is 4.00. The van der Waals surface area contributed by atoms with Gasteiger partial charge < -0.3 is 10.1 Å². The van der Waals surface area contributed by atoms with E-state index in [0.29, 0.717) is 12.0 Å². The van der Waals surface area contributed by atoms with E-state index in [4.69, 9.17) is 4.74 Å². The minimum absolute atomic E-state index is 0.416. The zero-order valence-corrected chi connectivity index (χ0v) is 13.1. The minimum Gasteiger partial charge on any atom is -0.379 e. The van der Waals surface area contributed by atoms with Crippen LogP contribution in [-0.4, -0.2) is 44.3 Å². The molecule has 0 radical (unpaired) electrons. The molecule has 112 valence electrons. The van der Waals surface area contributed by atoms with Crippen LogP contribution in [0.5, 0.6) is 0 Å². The van der Waals surface area contributed by atoms with Gasteiger partial charge in [0, 0.05) is 25.7 Å². The fraction of sp³-hybridized carbons (Fsp3) is 0.647. The van der Waals surface area contributed by atoms with Crippen LogP contribution in [0.15, 0.2) is 24.3 Å². The first kappa shape index (κ1) is 15.5. The van der Waals surface area contributed by atoms with Crippen molar-refractivity contribution >= 4 is 0 Å². The van der Waals surface area contributed by atoms with Gasteiger partial charge in [0.1, 0.15) is 0 Å². The van der Waals surface area contributed by atoms with E-state index in [2.05, 4.69) is 55.3 Å². The first-order valence-corrected chi connectivity index (χ1v) is 7.84. The maximum absolute atomic E-state index is 5.43. The van der Waals surface area contributed by atoms with Crippen LogP contribution in [0.2, 0.25) is 0 Å². The maximum Gasteiger partial charge on any atom is 0.0594 e. The number of morpholine rings is 1. The molecule has 1 atom stereocenters. The number of rotatable bonds is 6. The quantitative estimate of drug-likeness (QED) is 0.864. The van der Waals surface area contributed by atoms with Crippen LogP contribution in [0.3, 0.4) is 0 Å². The highest BCUT2D eigenvalue weighted by atomic mass is 16.5. The molecule has 1 heterocycles. The molecule has 0 aliphatic carbocycles. The van der Waals surface area contributed by atoms with Crippen LogP contribution < -0.4 is 5.32 Å². The Morgan fingerprint density at radius 2 is 1.70 bits per heavy atom. The lowest BCUT2D eigenvalue weighted by molar-refractivity contribution is 0.0335. The second kappa shape index (κ2) is 7.77. The summed E-state index contributed by atoms with van der Waals surface area (Å²) in [5, 5.41) is 3.61. The van der Waals surface area contributed by atoms with Crippen molar-refractivity contribution in [2.45, 2.75) is 32.7 Å². The lowest BCUT2D eigenvalue weighted by Crippen LogP contribution is -2.41. The van der Waals surface area contributed by atoms with Crippen molar-refractivity contribution < 1.29 is 4.74 Å². The summed E-state index contributed by atoms with van der Waals surface area (Å²) in [6.45, 7) is 12.6. The van der Waals surface area contributed by atoms with Gasteiger partial charge in [0.2, 0.25) is 0 Å². The zero-order chi connectivity index (χ0) is 14.4. The molecule has 3 nitrogen and oxygen atoms in total. The number of hydrogen-bond donors (Lipinski definition) is 1. The van der Waals surface area contributed by atoms with Crippen molar-refractivity contribution in [2.75, 3.05) is 39.4 Å². The zero-order valence-electron chi connectivity index (χ0n) is 13.1. The molecule has 0 bridgehead atoms. The van der Waals surface area contributed by atoms with E-state index in [1.165, 1.54) is 11.1 Å². The highest BCUT2D eigenvalue weighted by Crippen LogP contribution is 2.20. The van der Waals surface area contributed by atoms with Crippen molar-refractivity contribution in [3.63, 3.8) is 0 Å². The molecule has 1 aromatic rings. The molecule has 2 rings (SSSR count). The molecule has 1 aliphatic heterocycles. The molecule has 0 spiro atoms. The summed E-state index contributed by atoms with van der Waals surface area (Å²) in [7, 11) is 0. The Balaban J connectivity index is 2.02. The van der Waals surface area contributed by atoms with E-state index in [1.807, 2.05) is 0 Å². The summed E-state index contributed by atoms with van der Waals surface area (Å²) in [5.74, 6) is 0.598. The highest BCUT2D eigenvalue weighted by Gasteiger charge is 2.17. The molecule has 1 aliphatic rings. The first-order chi connectivity index (χ1) is 9.70. The standard InChI is InChI=1S/C17H28N2O/c1-4-18-17(13-19-9-11-20-12-10-19)16-7-5-15(6-8-16)14(2)3/h5-8,14,17-18H,4,9-13H2,1-3H3. The van der Waals surface area contributed by atoms with Crippen LogP contribution in [-0.2, 0) is 4.74 Å². The minimum atomic E-state index is 0.416. The SMILES string of the molecule is CCNC(CN1CCOCC1)c1ccc(C(C)C)cc1. The third-order valence-corrected chi connectivity index (χ3v) is 4.00. The van der Waals surface area contributed by atoms with Gasteiger partial charge in [-0.25, -0.2) is 0 Å². The van der Waals surface area contributed by atoms with Gasteiger partial charge >= 0.3 is 0 Å². The molecular formula is C17H28N2O. The average Bonchev–Trinajstić information content (AvgIpc) is 2.48. The summed E-state index contributed by atoms with van der Waals surface area (Å²) in [4.78, 5) is 2.49. The molecule has 0 saturated carbocycles. The van der Waals surface area contributed by atoms with Crippen molar-refractivity contribution in [2.24, 2.45) is 0 Å². The van der Waals surface area contributed by atoms with E-state index < -0.39 is 0 Å². The van der Waals surface area contributed by atoms with Gasteiger partial charge in [-0.2, -0.15) is 0 Å². The monoisotopic (exact) mass is 276 g/mol. The average molecular weight is 276 g/mol. The first-order valence-electron chi connectivity index (χ1n) is 7.84. The largest absolute Gasteiger partial charge is 0.379 e. The molecule has 0 amide bonds. The van der Waals surface area contributed by atoms with Crippen LogP contribution in [0.25, 0.3) is 0 Å². The number of likely N-dealkylation sites (N-methyl/N-ethyl adjacent to an activating group) is 1. The molecule has 1 saturated heterocycles. The van der Waals surface area contributed by atoms with Gasteiger partial charge in [-0.1, -0.05) is 45.0 Å². The Labute approximate surface area is 123 Å². The molecular weight excluding hydrogens is 248 g/mol. The second-order valence-electron chi connectivity index (χ2n) is 5.84. The third kappa shape index (κ3) is 4.30. The lowest BCUT2D eigenvalue weighted by atomic mass is 9.98.